The Morgan fingerprint density at radius 2 is 1.90 bits per heavy atom. The van der Waals surface area contributed by atoms with Gasteiger partial charge in [0, 0.05) is 6.61 Å². The second-order valence-corrected chi connectivity index (χ2v) is 6.81. The van der Waals surface area contributed by atoms with Gasteiger partial charge < -0.3 is 4.74 Å². The minimum Gasteiger partial charge on any atom is -0.376 e. The Bertz CT molecular complexity index is 425. The first kappa shape index (κ1) is 15.3. The first-order chi connectivity index (χ1) is 9.54. The fraction of sp³-hybridized carbons (Fsp3) is 0.579. The second kappa shape index (κ2) is 7.08. The van der Waals surface area contributed by atoms with E-state index in [0.29, 0.717) is 0 Å². The van der Waals surface area contributed by atoms with Gasteiger partial charge in [0.1, 0.15) is 0 Å². The van der Waals surface area contributed by atoms with E-state index in [-0.39, 0.29) is 5.60 Å². The Hall–Kier alpha value is -1.08. The molecule has 0 radical (unpaired) electrons. The van der Waals surface area contributed by atoms with Crippen molar-refractivity contribution in [3.05, 3.63) is 47.5 Å². The van der Waals surface area contributed by atoms with Gasteiger partial charge in [-0.2, -0.15) is 0 Å². The maximum Gasteiger partial charge on any atom is 0.0598 e. The standard InChI is InChI=1S/C19H28O/c1-19(2,3)20-15-7-8-16-11-13-18(14-12-16)17-9-5-4-6-10-17/h4-6,9-11,18H,7-8,12-15H2,1-3H3. The summed E-state index contributed by atoms with van der Waals surface area (Å²) >= 11 is 0. The van der Waals surface area contributed by atoms with Gasteiger partial charge in [0.2, 0.25) is 0 Å². The largest absolute Gasteiger partial charge is 0.376 e. The molecule has 0 amide bonds. The van der Waals surface area contributed by atoms with Crippen LogP contribution in [0.3, 0.4) is 0 Å². The fourth-order valence-electron chi connectivity index (χ4n) is 2.82. The Morgan fingerprint density at radius 3 is 2.50 bits per heavy atom. The second-order valence-electron chi connectivity index (χ2n) is 6.81. The van der Waals surface area contributed by atoms with Crippen molar-refractivity contribution in [3.63, 3.8) is 0 Å². The van der Waals surface area contributed by atoms with Crippen molar-refractivity contribution < 1.29 is 4.74 Å². The van der Waals surface area contributed by atoms with Crippen LogP contribution in [-0.4, -0.2) is 12.2 Å². The van der Waals surface area contributed by atoms with Crippen LogP contribution in [0, 0.1) is 0 Å². The highest BCUT2D eigenvalue weighted by atomic mass is 16.5. The van der Waals surface area contributed by atoms with E-state index in [2.05, 4.69) is 57.2 Å². The summed E-state index contributed by atoms with van der Waals surface area (Å²) in [6.07, 6.45) is 8.60. The molecule has 0 heterocycles. The van der Waals surface area contributed by atoms with Gasteiger partial charge in [-0.1, -0.05) is 42.0 Å². The van der Waals surface area contributed by atoms with Crippen LogP contribution in [0.5, 0.6) is 0 Å². The molecule has 2 rings (SSSR count). The van der Waals surface area contributed by atoms with Crippen LogP contribution in [-0.2, 0) is 4.74 Å². The molecule has 0 N–H and O–H groups in total. The molecule has 0 aliphatic heterocycles. The maximum absolute atomic E-state index is 5.78. The molecule has 1 unspecified atom stereocenters. The number of ether oxygens (including phenoxy) is 1. The highest BCUT2D eigenvalue weighted by molar-refractivity contribution is 5.23. The van der Waals surface area contributed by atoms with Crippen molar-refractivity contribution in [2.75, 3.05) is 6.61 Å². The quantitative estimate of drug-likeness (QED) is 0.509. The lowest BCUT2D eigenvalue weighted by Crippen LogP contribution is -2.19. The van der Waals surface area contributed by atoms with Gasteiger partial charge in [0.25, 0.3) is 0 Å². The lowest BCUT2D eigenvalue weighted by molar-refractivity contribution is -0.00392. The van der Waals surface area contributed by atoms with Crippen LogP contribution in [0.2, 0.25) is 0 Å². The SMILES string of the molecule is CC(C)(C)OCCCC1=CCC(c2ccccc2)CC1. The molecule has 20 heavy (non-hydrogen) atoms. The van der Waals surface area contributed by atoms with Crippen molar-refractivity contribution in [2.45, 2.75) is 64.4 Å². The van der Waals surface area contributed by atoms with Crippen molar-refractivity contribution in [3.8, 4) is 0 Å². The van der Waals surface area contributed by atoms with Crippen molar-refractivity contribution in [2.24, 2.45) is 0 Å². The summed E-state index contributed by atoms with van der Waals surface area (Å²) in [5.74, 6) is 0.728. The zero-order valence-electron chi connectivity index (χ0n) is 13.2. The van der Waals surface area contributed by atoms with Crippen LogP contribution in [0.4, 0.5) is 0 Å². The van der Waals surface area contributed by atoms with Gasteiger partial charge in [-0.15, -0.1) is 0 Å². The molecular weight excluding hydrogens is 244 g/mol. The Kier molecular flexibility index (Phi) is 5.42. The van der Waals surface area contributed by atoms with Gasteiger partial charge in [0.15, 0.2) is 0 Å². The molecule has 1 aliphatic rings. The van der Waals surface area contributed by atoms with Gasteiger partial charge in [0.05, 0.1) is 5.60 Å². The summed E-state index contributed by atoms with van der Waals surface area (Å²) < 4.78 is 5.78. The van der Waals surface area contributed by atoms with Gasteiger partial charge in [-0.05, 0) is 64.4 Å². The minimum atomic E-state index is -0.000644. The first-order valence-corrected chi connectivity index (χ1v) is 7.91. The molecule has 1 atom stereocenters. The van der Waals surface area contributed by atoms with Crippen molar-refractivity contribution in [1.82, 2.24) is 0 Å². The molecule has 1 nitrogen and oxygen atoms in total. The predicted octanol–water partition coefficient (Wildman–Crippen LogP) is 5.48. The molecule has 1 heteroatoms. The predicted molar refractivity (Wildman–Crippen MR) is 86.1 cm³/mol. The summed E-state index contributed by atoms with van der Waals surface area (Å²) in [6, 6.07) is 10.9. The van der Waals surface area contributed by atoms with Crippen molar-refractivity contribution in [1.29, 1.82) is 0 Å². The molecular formula is C19H28O. The van der Waals surface area contributed by atoms with Gasteiger partial charge >= 0.3 is 0 Å². The summed E-state index contributed by atoms with van der Waals surface area (Å²) in [5.41, 5.74) is 3.13. The molecule has 0 aromatic heterocycles. The number of allylic oxidation sites excluding steroid dienone is 2. The van der Waals surface area contributed by atoms with E-state index in [9.17, 15) is 0 Å². The van der Waals surface area contributed by atoms with E-state index in [1.54, 1.807) is 5.57 Å². The number of hydrogen-bond acceptors (Lipinski definition) is 1. The maximum atomic E-state index is 5.78. The lowest BCUT2D eigenvalue weighted by atomic mass is 9.83. The number of benzene rings is 1. The molecule has 1 aliphatic carbocycles. The van der Waals surface area contributed by atoms with Gasteiger partial charge in [-0.3, -0.25) is 0 Å². The normalized spacial score (nSPS) is 19.8. The van der Waals surface area contributed by atoms with Crippen molar-refractivity contribution >= 4 is 0 Å². The van der Waals surface area contributed by atoms with Crippen LogP contribution < -0.4 is 0 Å². The Labute approximate surface area is 124 Å². The van der Waals surface area contributed by atoms with Crippen LogP contribution >= 0.6 is 0 Å². The molecule has 0 saturated carbocycles. The third-order valence-corrected chi connectivity index (χ3v) is 3.95. The number of hydrogen-bond donors (Lipinski definition) is 0. The molecule has 0 bridgehead atoms. The van der Waals surface area contributed by atoms with E-state index in [1.165, 1.54) is 31.2 Å². The molecule has 0 spiro atoms. The molecule has 0 saturated heterocycles. The summed E-state index contributed by atoms with van der Waals surface area (Å²) in [7, 11) is 0. The third kappa shape index (κ3) is 5.13. The highest BCUT2D eigenvalue weighted by Crippen LogP contribution is 2.33. The van der Waals surface area contributed by atoms with E-state index < -0.39 is 0 Å². The average Bonchev–Trinajstić information content (AvgIpc) is 2.44. The van der Waals surface area contributed by atoms with E-state index >= 15 is 0 Å². The zero-order chi connectivity index (χ0) is 14.4. The summed E-state index contributed by atoms with van der Waals surface area (Å²) in [6.45, 7) is 7.24. The molecule has 1 aromatic rings. The Morgan fingerprint density at radius 1 is 1.15 bits per heavy atom. The minimum absolute atomic E-state index is 0.000644. The highest BCUT2D eigenvalue weighted by Gasteiger charge is 2.16. The average molecular weight is 272 g/mol. The first-order valence-electron chi connectivity index (χ1n) is 7.91. The number of rotatable bonds is 5. The van der Waals surface area contributed by atoms with Crippen LogP contribution in [0.1, 0.15) is 64.4 Å². The van der Waals surface area contributed by atoms with E-state index in [4.69, 9.17) is 4.74 Å². The third-order valence-electron chi connectivity index (χ3n) is 3.95. The molecule has 110 valence electrons. The van der Waals surface area contributed by atoms with Crippen LogP contribution in [0.15, 0.2) is 42.0 Å². The topological polar surface area (TPSA) is 9.23 Å². The zero-order valence-corrected chi connectivity index (χ0v) is 13.2. The fourth-order valence-corrected chi connectivity index (χ4v) is 2.82. The molecule has 0 fully saturated rings. The van der Waals surface area contributed by atoms with Gasteiger partial charge in [-0.25, -0.2) is 0 Å². The van der Waals surface area contributed by atoms with E-state index in [1.807, 2.05) is 0 Å². The smallest absolute Gasteiger partial charge is 0.0598 e. The van der Waals surface area contributed by atoms with Crippen LogP contribution in [0.25, 0.3) is 0 Å². The summed E-state index contributed by atoms with van der Waals surface area (Å²) in [4.78, 5) is 0. The van der Waals surface area contributed by atoms with E-state index in [0.717, 1.165) is 18.9 Å². The monoisotopic (exact) mass is 272 g/mol. The molecule has 1 aromatic carbocycles. The lowest BCUT2D eigenvalue weighted by Gasteiger charge is -2.23. The summed E-state index contributed by atoms with van der Waals surface area (Å²) in [5, 5.41) is 0. The Balaban J connectivity index is 1.73.